The zero-order valence-corrected chi connectivity index (χ0v) is 14.0. The van der Waals surface area contributed by atoms with Crippen molar-refractivity contribution in [2.24, 2.45) is 5.92 Å². The van der Waals surface area contributed by atoms with Crippen molar-refractivity contribution in [1.82, 2.24) is 15.3 Å². The maximum atomic E-state index is 12.2. The summed E-state index contributed by atoms with van der Waals surface area (Å²) in [7, 11) is 0. The van der Waals surface area contributed by atoms with Crippen molar-refractivity contribution in [2.45, 2.75) is 52.0 Å². The molecular weight excluding hydrogens is 288 g/mol. The van der Waals surface area contributed by atoms with Crippen molar-refractivity contribution in [1.29, 1.82) is 0 Å². The summed E-state index contributed by atoms with van der Waals surface area (Å²) in [6.07, 6.45) is 5.15. The van der Waals surface area contributed by atoms with Crippen molar-refractivity contribution in [3.63, 3.8) is 0 Å². The van der Waals surface area contributed by atoms with Crippen molar-refractivity contribution in [3.05, 3.63) is 18.2 Å². The van der Waals surface area contributed by atoms with Crippen LogP contribution in [0, 0.1) is 5.92 Å². The Morgan fingerprint density at radius 1 is 1.33 bits per heavy atom. The van der Waals surface area contributed by atoms with Crippen LogP contribution >= 0.6 is 12.4 Å². The number of carbonyl (C=O) groups is 1. The predicted molar refractivity (Wildman–Crippen MR) is 86.8 cm³/mol. The number of nitrogens with one attached hydrogen (secondary N) is 2. The molecule has 2 rings (SSSR count). The van der Waals surface area contributed by atoms with Crippen LogP contribution in [-0.2, 0) is 10.2 Å². The molecule has 21 heavy (non-hydrogen) atoms. The van der Waals surface area contributed by atoms with E-state index in [-0.39, 0.29) is 29.6 Å². The van der Waals surface area contributed by atoms with E-state index in [1.165, 1.54) is 0 Å². The number of anilines is 1. The summed E-state index contributed by atoms with van der Waals surface area (Å²) in [5.41, 5.74) is 0.599. The lowest BCUT2D eigenvalue weighted by Crippen LogP contribution is -2.40. The fraction of sp³-hybridized carbons (Fsp3) is 0.667. The van der Waals surface area contributed by atoms with Gasteiger partial charge >= 0.3 is 0 Å². The van der Waals surface area contributed by atoms with Gasteiger partial charge in [0.2, 0.25) is 5.91 Å². The lowest BCUT2D eigenvalue weighted by molar-refractivity contribution is -0.120. The summed E-state index contributed by atoms with van der Waals surface area (Å²) in [4.78, 5) is 20.9. The number of piperidine rings is 1. The summed E-state index contributed by atoms with van der Waals surface area (Å²) in [5, 5.41) is 6.27. The van der Waals surface area contributed by atoms with Crippen molar-refractivity contribution >= 4 is 24.0 Å². The van der Waals surface area contributed by atoms with Gasteiger partial charge in [-0.1, -0.05) is 20.8 Å². The normalized spacial score (nSPS) is 22.3. The zero-order valence-electron chi connectivity index (χ0n) is 13.1. The molecule has 0 aromatic carbocycles. The molecule has 0 unspecified atom stereocenters. The van der Waals surface area contributed by atoms with E-state index in [1.54, 1.807) is 12.4 Å². The molecule has 1 aromatic heterocycles. The first-order chi connectivity index (χ1) is 9.36. The molecule has 0 bridgehead atoms. The number of nitrogens with zero attached hydrogens (tertiary/aromatic N) is 2. The number of hydrogen-bond donors (Lipinski definition) is 2. The fourth-order valence-corrected chi connectivity index (χ4v) is 2.39. The Morgan fingerprint density at radius 2 is 1.95 bits per heavy atom. The molecule has 2 atom stereocenters. The summed E-state index contributed by atoms with van der Waals surface area (Å²) in [5.74, 6) is 0.935. The highest BCUT2D eigenvalue weighted by molar-refractivity contribution is 5.92. The molecule has 1 saturated heterocycles. The van der Waals surface area contributed by atoms with Crippen LogP contribution in [0.2, 0.25) is 0 Å². The van der Waals surface area contributed by atoms with E-state index < -0.39 is 0 Å². The summed E-state index contributed by atoms with van der Waals surface area (Å²) >= 11 is 0. The molecule has 1 fully saturated rings. The highest BCUT2D eigenvalue weighted by Crippen LogP contribution is 2.20. The summed E-state index contributed by atoms with van der Waals surface area (Å²) in [6.45, 7) is 9.21. The van der Waals surface area contributed by atoms with E-state index in [2.05, 4.69) is 48.3 Å². The second-order valence-corrected chi connectivity index (χ2v) is 6.61. The topological polar surface area (TPSA) is 66.9 Å². The van der Waals surface area contributed by atoms with Gasteiger partial charge in [0, 0.05) is 17.4 Å². The summed E-state index contributed by atoms with van der Waals surface area (Å²) in [6, 6.07) is 0.402. The molecule has 2 heterocycles. The van der Waals surface area contributed by atoms with Crippen molar-refractivity contribution in [3.8, 4) is 0 Å². The van der Waals surface area contributed by atoms with Gasteiger partial charge in [0.05, 0.1) is 18.1 Å². The van der Waals surface area contributed by atoms with E-state index in [4.69, 9.17) is 0 Å². The van der Waals surface area contributed by atoms with Gasteiger partial charge in [0.25, 0.3) is 0 Å². The van der Waals surface area contributed by atoms with Crippen LogP contribution in [0.25, 0.3) is 0 Å². The maximum absolute atomic E-state index is 12.2. The van der Waals surface area contributed by atoms with E-state index in [0.29, 0.717) is 11.7 Å². The fourth-order valence-electron chi connectivity index (χ4n) is 2.39. The van der Waals surface area contributed by atoms with Crippen molar-refractivity contribution in [2.75, 3.05) is 11.9 Å². The minimum Gasteiger partial charge on any atom is -0.323 e. The van der Waals surface area contributed by atoms with Crippen LogP contribution in [0.5, 0.6) is 0 Å². The molecule has 1 aliphatic heterocycles. The lowest BCUT2D eigenvalue weighted by Gasteiger charge is -2.27. The van der Waals surface area contributed by atoms with E-state index in [1.807, 2.05) is 0 Å². The number of carbonyl (C=O) groups excluding carboxylic acids is 1. The number of hydrogen-bond acceptors (Lipinski definition) is 4. The molecule has 1 aliphatic rings. The summed E-state index contributed by atoms with van der Waals surface area (Å²) < 4.78 is 0. The van der Waals surface area contributed by atoms with Crippen LogP contribution in [0.1, 0.15) is 46.4 Å². The Hall–Kier alpha value is -1.20. The highest BCUT2D eigenvalue weighted by atomic mass is 35.5. The average Bonchev–Trinajstić information content (AvgIpc) is 2.38. The van der Waals surface area contributed by atoms with E-state index >= 15 is 0 Å². The third-order valence-electron chi connectivity index (χ3n) is 3.58. The zero-order chi connectivity index (χ0) is 14.8. The molecule has 0 spiro atoms. The standard InChI is InChI=1S/C15H24N4O.ClH/c1-10-7-11(5-6-16-10)13(20)19-12-8-17-14(18-9-12)15(2,3)4;/h8-11,16H,5-7H2,1-4H3,(H,19,20);1H/t10-,11-;/m0./s1. The molecular formula is C15H25ClN4O. The van der Waals surface area contributed by atoms with Gasteiger partial charge in [-0.05, 0) is 26.3 Å². The Morgan fingerprint density at radius 3 is 2.48 bits per heavy atom. The number of amides is 1. The average molecular weight is 313 g/mol. The Kier molecular flexibility index (Phi) is 6.10. The molecule has 118 valence electrons. The van der Waals surface area contributed by atoms with Crippen LogP contribution in [-0.4, -0.2) is 28.5 Å². The Bertz CT molecular complexity index is 470. The highest BCUT2D eigenvalue weighted by Gasteiger charge is 2.25. The van der Waals surface area contributed by atoms with E-state index in [0.717, 1.165) is 25.2 Å². The quantitative estimate of drug-likeness (QED) is 0.880. The van der Waals surface area contributed by atoms with Gasteiger partial charge < -0.3 is 10.6 Å². The lowest BCUT2D eigenvalue weighted by atomic mass is 9.92. The van der Waals surface area contributed by atoms with Gasteiger partial charge in [-0.2, -0.15) is 0 Å². The first-order valence-corrected chi connectivity index (χ1v) is 7.23. The molecule has 2 N–H and O–H groups in total. The van der Waals surface area contributed by atoms with Crippen LogP contribution in [0.3, 0.4) is 0 Å². The Balaban J connectivity index is 0.00000220. The molecule has 5 nitrogen and oxygen atoms in total. The van der Waals surface area contributed by atoms with Crippen molar-refractivity contribution < 1.29 is 4.79 Å². The number of halogens is 1. The molecule has 1 amide bonds. The smallest absolute Gasteiger partial charge is 0.227 e. The van der Waals surface area contributed by atoms with Gasteiger partial charge in [-0.25, -0.2) is 9.97 Å². The second-order valence-electron chi connectivity index (χ2n) is 6.61. The predicted octanol–water partition coefficient (Wildman–Crippen LogP) is 2.52. The number of rotatable bonds is 2. The minimum atomic E-state index is -0.0764. The molecule has 0 radical (unpaired) electrons. The molecule has 0 aliphatic carbocycles. The van der Waals surface area contributed by atoms with Gasteiger partial charge in [0.1, 0.15) is 5.82 Å². The third-order valence-corrected chi connectivity index (χ3v) is 3.58. The van der Waals surface area contributed by atoms with E-state index in [9.17, 15) is 4.79 Å². The first kappa shape index (κ1) is 17.9. The molecule has 0 saturated carbocycles. The number of aromatic nitrogens is 2. The third kappa shape index (κ3) is 4.93. The second kappa shape index (κ2) is 7.18. The van der Waals surface area contributed by atoms with Crippen LogP contribution in [0.4, 0.5) is 5.69 Å². The van der Waals surface area contributed by atoms with Gasteiger partial charge in [-0.15, -0.1) is 12.4 Å². The van der Waals surface area contributed by atoms with Gasteiger partial charge in [0.15, 0.2) is 0 Å². The molecule has 1 aromatic rings. The molecule has 6 heteroatoms. The minimum absolute atomic E-state index is 0. The monoisotopic (exact) mass is 312 g/mol. The van der Waals surface area contributed by atoms with Crippen LogP contribution in [0.15, 0.2) is 12.4 Å². The van der Waals surface area contributed by atoms with Gasteiger partial charge in [-0.3, -0.25) is 4.79 Å². The SMILES string of the molecule is C[C@H]1C[C@@H](C(=O)Nc2cnc(C(C)(C)C)nc2)CCN1.Cl. The Labute approximate surface area is 132 Å². The first-order valence-electron chi connectivity index (χ1n) is 7.23. The largest absolute Gasteiger partial charge is 0.323 e. The maximum Gasteiger partial charge on any atom is 0.227 e. The van der Waals surface area contributed by atoms with Crippen LogP contribution < -0.4 is 10.6 Å².